The number of ether oxygens (including phenoxy) is 1. The molecule has 0 aliphatic heterocycles. The highest BCUT2D eigenvalue weighted by molar-refractivity contribution is 6.30. The molecule has 0 radical (unpaired) electrons. The van der Waals surface area contributed by atoms with Crippen molar-refractivity contribution in [1.82, 2.24) is 5.32 Å². The second-order valence-corrected chi connectivity index (χ2v) is 6.22. The lowest BCUT2D eigenvalue weighted by Gasteiger charge is -2.22. The first-order valence-electron chi connectivity index (χ1n) is 6.44. The lowest BCUT2D eigenvalue weighted by atomic mass is 9.93. The smallest absolute Gasteiger partial charge is 0.0949 e. The minimum atomic E-state index is 0.0922. The van der Waals surface area contributed by atoms with Gasteiger partial charge in [0.15, 0.2) is 0 Å². The summed E-state index contributed by atoms with van der Waals surface area (Å²) in [5.74, 6) is 0. The number of hydrogen-bond donors (Lipinski definition) is 1. The van der Waals surface area contributed by atoms with Gasteiger partial charge in [0, 0.05) is 18.2 Å². The molecule has 1 atom stereocenters. The molecule has 1 rings (SSSR count). The van der Waals surface area contributed by atoms with Crippen LogP contribution in [0.3, 0.4) is 0 Å². The molecule has 3 heteroatoms. The van der Waals surface area contributed by atoms with Crippen LogP contribution < -0.4 is 5.32 Å². The van der Waals surface area contributed by atoms with Crippen molar-refractivity contribution < 1.29 is 4.74 Å². The Morgan fingerprint density at radius 1 is 1.22 bits per heavy atom. The summed E-state index contributed by atoms with van der Waals surface area (Å²) < 4.78 is 5.98. The molecule has 1 aromatic carbocycles. The molecular weight excluding hydrogens is 246 g/mol. The summed E-state index contributed by atoms with van der Waals surface area (Å²) in [7, 11) is 1.94. The van der Waals surface area contributed by atoms with E-state index in [-0.39, 0.29) is 6.10 Å². The zero-order chi connectivity index (χ0) is 13.6. The van der Waals surface area contributed by atoms with Crippen LogP contribution in [0, 0.1) is 5.41 Å². The van der Waals surface area contributed by atoms with E-state index in [1.807, 2.05) is 31.3 Å². The fraction of sp³-hybridized carbons (Fsp3) is 0.600. The molecule has 1 N–H and O–H groups in total. The minimum Gasteiger partial charge on any atom is -0.372 e. The molecule has 0 bridgehead atoms. The summed E-state index contributed by atoms with van der Waals surface area (Å²) in [6, 6.07) is 7.88. The number of halogens is 1. The summed E-state index contributed by atoms with van der Waals surface area (Å²) in [5.41, 5.74) is 1.48. The van der Waals surface area contributed by atoms with Gasteiger partial charge in [0.1, 0.15) is 0 Å². The topological polar surface area (TPSA) is 21.3 Å². The average Bonchev–Trinajstić information content (AvgIpc) is 2.27. The van der Waals surface area contributed by atoms with Gasteiger partial charge in [0.05, 0.1) is 6.10 Å². The van der Waals surface area contributed by atoms with Gasteiger partial charge < -0.3 is 10.1 Å². The van der Waals surface area contributed by atoms with Crippen molar-refractivity contribution in [3.63, 3.8) is 0 Å². The largest absolute Gasteiger partial charge is 0.372 e. The molecule has 0 spiro atoms. The van der Waals surface area contributed by atoms with Gasteiger partial charge in [-0.25, -0.2) is 0 Å². The normalized spacial score (nSPS) is 13.6. The number of rotatable bonds is 6. The van der Waals surface area contributed by atoms with Crippen molar-refractivity contribution in [3.8, 4) is 0 Å². The molecule has 0 saturated heterocycles. The number of nitrogens with one attached hydrogen (secondary N) is 1. The molecule has 18 heavy (non-hydrogen) atoms. The van der Waals surface area contributed by atoms with Crippen LogP contribution in [0.4, 0.5) is 0 Å². The second-order valence-electron chi connectivity index (χ2n) is 5.78. The van der Waals surface area contributed by atoms with Crippen molar-refractivity contribution in [2.45, 2.75) is 33.3 Å². The van der Waals surface area contributed by atoms with Gasteiger partial charge in [0.2, 0.25) is 0 Å². The molecule has 0 saturated carbocycles. The molecular formula is C15H24ClNO. The number of hydrogen-bond acceptors (Lipinski definition) is 2. The number of benzene rings is 1. The van der Waals surface area contributed by atoms with Crippen LogP contribution in [0.15, 0.2) is 24.3 Å². The molecule has 102 valence electrons. The highest BCUT2D eigenvalue weighted by Crippen LogP contribution is 2.23. The Morgan fingerprint density at radius 2 is 1.83 bits per heavy atom. The fourth-order valence-electron chi connectivity index (χ4n) is 1.64. The van der Waals surface area contributed by atoms with Crippen molar-refractivity contribution in [2.24, 2.45) is 5.41 Å². The lowest BCUT2D eigenvalue weighted by molar-refractivity contribution is 0.0381. The van der Waals surface area contributed by atoms with E-state index in [1.165, 1.54) is 5.56 Å². The molecule has 0 aliphatic rings. The molecule has 0 fully saturated rings. The predicted octanol–water partition coefficient (Wildman–Crippen LogP) is 4.05. The number of likely N-dealkylation sites (N-methyl/N-ethyl adjacent to an activating group) is 1. The van der Waals surface area contributed by atoms with Gasteiger partial charge in [-0.15, -0.1) is 0 Å². The maximum Gasteiger partial charge on any atom is 0.0949 e. The zero-order valence-electron chi connectivity index (χ0n) is 11.8. The first-order valence-corrected chi connectivity index (χ1v) is 6.82. The first kappa shape index (κ1) is 15.5. The second kappa shape index (κ2) is 7.13. The van der Waals surface area contributed by atoms with Crippen LogP contribution in [-0.4, -0.2) is 20.2 Å². The molecule has 0 aliphatic carbocycles. The monoisotopic (exact) mass is 269 g/mol. The van der Waals surface area contributed by atoms with Crippen LogP contribution >= 0.6 is 11.6 Å². The third kappa shape index (κ3) is 5.85. The minimum absolute atomic E-state index is 0.0922. The summed E-state index contributed by atoms with van der Waals surface area (Å²) in [6.07, 6.45) is 1.15. The van der Waals surface area contributed by atoms with Crippen LogP contribution in [0.25, 0.3) is 0 Å². The molecule has 2 nitrogen and oxygen atoms in total. The van der Waals surface area contributed by atoms with Crippen LogP contribution in [0.1, 0.15) is 38.9 Å². The predicted molar refractivity (Wildman–Crippen MR) is 78.1 cm³/mol. The van der Waals surface area contributed by atoms with E-state index in [1.54, 1.807) is 0 Å². The van der Waals surface area contributed by atoms with Gasteiger partial charge in [0.25, 0.3) is 0 Å². The summed E-state index contributed by atoms with van der Waals surface area (Å²) in [4.78, 5) is 0. The van der Waals surface area contributed by atoms with Crippen molar-refractivity contribution >= 4 is 11.6 Å². The standard InChI is InChI=1S/C15H24ClNO/c1-15(2,3)9-10-18-14(11-17-4)12-5-7-13(16)8-6-12/h5-8,14,17H,9-11H2,1-4H3. The third-order valence-electron chi connectivity index (χ3n) is 2.80. The van der Waals surface area contributed by atoms with E-state index in [0.29, 0.717) is 5.41 Å². The summed E-state index contributed by atoms with van der Waals surface area (Å²) >= 11 is 5.90. The van der Waals surface area contributed by atoms with Crippen molar-refractivity contribution in [1.29, 1.82) is 0 Å². The highest BCUT2D eigenvalue weighted by atomic mass is 35.5. The van der Waals surface area contributed by atoms with E-state index in [2.05, 4.69) is 26.1 Å². The van der Waals surface area contributed by atoms with E-state index in [0.717, 1.165) is 24.6 Å². The Kier molecular flexibility index (Phi) is 6.13. The fourth-order valence-corrected chi connectivity index (χ4v) is 1.77. The Morgan fingerprint density at radius 3 is 2.33 bits per heavy atom. The Bertz CT molecular complexity index is 343. The molecule has 0 aromatic heterocycles. The van der Waals surface area contributed by atoms with E-state index in [4.69, 9.17) is 16.3 Å². The van der Waals surface area contributed by atoms with Crippen molar-refractivity contribution in [2.75, 3.05) is 20.2 Å². The van der Waals surface area contributed by atoms with Crippen LogP contribution in [0.5, 0.6) is 0 Å². The van der Waals surface area contributed by atoms with Gasteiger partial charge in [-0.2, -0.15) is 0 Å². The van der Waals surface area contributed by atoms with Gasteiger partial charge in [-0.1, -0.05) is 44.5 Å². The van der Waals surface area contributed by atoms with Gasteiger partial charge >= 0.3 is 0 Å². The van der Waals surface area contributed by atoms with E-state index < -0.39 is 0 Å². The Hall–Kier alpha value is -0.570. The lowest BCUT2D eigenvalue weighted by Crippen LogP contribution is -2.21. The maximum absolute atomic E-state index is 5.98. The van der Waals surface area contributed by atoms with Gasteiger partial charge in [-0.3, -0.25) is 0 Å². The SMILES string of the molecule is CNCC(OCCC(C)(C)C)c1ccc(Cl)cc1. The van der Waals surface area contributed by atoms with Crippen molar-refractivity contribution in [3.05, 3.63) is 34.9 Å². The third-order valence-corrected chi connectivity index (χ3v) is 3.05. The molecule has 0 heterocycles. The average molecular weight is 270 g/mol. The Labute approximate surface area is 116 Å². The van der Waals surface area contributed by atoms with Crippen LogP contribution in [-0.2, 0) is 4.74 Å². The van der Waals surface area contributed by atoms with E-state index >= 15 is 0 Å². The molecule has 0 amide bonds. The zero-order valence-corrected chi connectivity index (χ0v) is 12.6. The Balaban J connectivity index is 2.57. The maximum atomic E-state index is 5.98. The summed E-state index contributed by atoms with van der Waals surface area (Å²) in [5, 5.41) is 3.93. The van der Waals surface area contributed by atoms with Gasteiger partial charge in [-0.05, 0) is 36.6 Å². The van der Waals surface area contributed by atoms with Crippen LogP contribution in [0.2, 0.25) is 5.02 Å². The molecule has 1 aromatic rings. The summed E-state index contributed by atoms with van der Waals surface area (Å²) in [6.45, 7) is 8.27. The van der Waals surface area contributed by atoms with E-state index in [9.17, 15) is 0 Å². The quantitative estimate of drug-likeness (QED) is 0.841. The molecule has 1 unspecified atom stereocenters. The highest BCUT2D eigenvalue weighted by Gasteiger charge is 2.14. The first-order chi connectivity index (χ1) is 8.42.